The number of nitrogens with zero attached hydrogens (tertiary/aromatic N) is 1. The van der Waals surface area contributed by atoms with Crippen LogP contribution in [0.2, 0.25) is 5.02 Å². The van der Waals surface area contributed by atoms with Crippen molar-refractivity contribution < 1.29 is 18.7 Å². The van der Waals surface area contributed by atoms with Gasteiger partial charge in [-0.25, -0.2) is 4.39 Å². The number of morpholine rings is 2. The van der Waals surface area contributed by atoms with Gasteiger partial charge in [-0.2, -0.15) is 0 Å². The second kappa shape index (κ2) is 12.1. The van der Waals surface area contributed by atoms with Crippen LogP contribution in [-0.2, 0) is 14.3 Å². The Hall–Kier alpha value is -0.670. The summed E-state index contributed by atoms with van der Waals surface area (Å²) in [5.74, 6) is -0.567. The van der Waals surface area contributed by atoms with Gasteiger partial charge in [0.15, 0.2) is 0 Å². The van der Waals surface area contributed by atoms with Crippen LogP contribution in [0.4, 0.5) is 4.39 Å². The lowest BCUT2D eigenvalue weighted by Gasteiger charge is -2.38. The number of ether oxygens (including phenoxy) is 2. The van der Waals surface area contributed by atoms with Gasteiger partial charge >= 0.3 is 0 Å². The molecule has 0 spiro atoms. The fourth-order valence-electron chi connectivity index (χ4n) is 3.42. The third-order valence-electron chi connectivity index (χ3n) is 4.74. The summed E-state index contributed by atoms with van der Waals surface area (Å²) in [6.45, 7) is 5.81. The zero-order chi connectivity index (χ0) is 18.5. The first-order valence-electron chi connectivity index (χ1n) is 8.96. The quantitative estimate of drug-likeness (QED) is 0.708. The standard InChI is InChI=1S/C18H25ClFN3O3.2ClH/c1-12-11-23(6-8-25-12)15(17-13(19)3-2-4-14(17)20)9-22-18(24)16-10-21-5-7-26-16;;/h2-4,12,15-16,21H,5-11H2,1H3,(H,22,24);2*1H. The first kappa shape index (κ1) is 25.4. The number of rotatable bonds is 5. The highest BCUT2D eigenvalue weighted by molar-refractivity contribution is 6.31. The number of hydrogen-bond donors (Lipinski definition) is 2. The predicted octanol–water partition coefficient (Wildman–Crippen LogP) is 2.19. The van der Waals surface area contributed by atoms with Gasteiger partial charge in [0.1, 0.15) is 11.9 Å². The van der Waals surface area contributed by atoms with E-state index in [1.54, 1.807) is 12.1 Å². The van der Waals surface area contributed by atoms with Crippen molar-refractivity contribution in [2.45, 2.75) is 25.2 Å². The van der Waals surface area contributed by atoms with E-state index >= 15 is 0 Å². The molecule has 0 aliphatic carbocycles. The molecule has 0 radical (unpaired) electrons. The smallest absolute Gasteiger partial charge is 0.250 e. The summed E-state index contributed by atoms with van der Waals surface area (Å²) in [7, 11) is 0. The van der Waals surface area contributed by atoms with Crippen molar-refractivity contribution in [3.8, 4) is 0 Å². The molecule has 2 N–H and O–H groups in total. The summed E-state index contributed by atoms with van der Waals surface area (Å²) in [6, 6.07) is 4.29. The van der Waals surface area contributed by atoms with Crippen molar-refractivity contribution in [2.75, 3.05) is 45.9 Å². The summed E-state index contributed by atoms with van der Waals surface area (Å²) in [6.07, 6.45) is -0.484. The molecule has 3 rings (SSSR count). The minimum Gasteiger partial charge on any atom is -0.376 e. The number of amides is 1. The van der Waals surface area contributed by atoms with Gasteiger partial charge in [-0.3, -0.25) is 9.69 Å². The molecular weight excluding hydrogens is 432 g/mol. The van der Waals surface area contributed by atoms with Gasteiger partial charge in [0.05, 0.1) is 25.4 Å². The Balaban J connectivity index is 0.00000196. The van der Waals surface area contributed by atoms with Gasteiger partial charge in [0.2, 0.25) is 0 Å². The molecule has 1 amide bonds. The molecule has 3 unspecified atom stereocenters. The molecule has 28 heavy (non-hydrogen) atoms. The third kappa shape index (κ3) is 6.42. The van der Waals surface area contributed by atoms with Gasteiger partial charge < -0.3 is 20.1 Å². The lowest BCUT2D eigenvalue weighted by Crippen LogP contribution is -2.51. The zero-order valence-corrected chi connectivity index (χ0v) is 18.0. The average Bonchev–Trinajstić information content (AvgIpc) is 2.64. The molecule has 3 atom stereocenters. The van der Waals surface area contributed by atoms with Crippen LogP contribution >= 0.6 is 36.4 Å². The van der Waals surface area contributed by atoms with Crippen LogP contribution in [0.3, 0.4) is 0 Å². The fourth-order valence-corrected chi connectivity index (χ4v) is 3.71. The highest BCUT2D eigenvalue weighted by Crippen LogP contribution is 2.31. The molecule has 1 aromatic rings. The molecule has 0 aromatic heterocycles. The number of carbonyl (C=O) groups is 1. The van der Waals surface area contributed by atoms with Crippen molar-refractivity contribution in [1.29, 1.82) is 0 Å². The second-order valence-electron chi connectivity index (χ2n) is 6.64. The molecule has 2 fully saturated rings. The average molecular weight is 459 g/mol. The van der Waals surface area contributed by atoms with E-state index in [4.69, 9.17) is 21.1 Å². The summed E-state index contributed by atoms with van der Waals surface area (Å²) in [5, 5.41) is 6.39. The van der Waals surface area contributed by atoms with Gasteiger partial charge in [0.25, 0.3) is 5.91 Å². The number of benzene rings is 1. The normalized spacial score (nSPS) is 23.8. The van der Waals surface area contributed by atoms with Crippen LogP contribution in [0.25, 0.3) is 0 Å². The van der Waals surface area contributed by atoms with E-state index in [1.165, 1.54) is 6.07 Å². The van der Waals surface area contributed by atoms with Crippen molar-refractivity contribution in [3.05, 3.63) is 34.6 Å². The van der Waals surface area contributed by atoms with E-state index in [9.17, 15) is 9.18 Å². The molecule has 2 aliphatic heterocycles. The highest BCUT2D eigenvalue weighted by atomic mass is 35.5. The van der Waals surface area contributed by atoms with Gasteiger partial charge in [-0.05, 0) is 19.1 Å². The maximum atomic E-state index is 14.5. The van der Waals surface area contributed by atoms with Crippen LogP contribution in [0, 0.1) is 5.82 Å². The van der Waals surface area contributed by atoms with Crippen molar-refractivity contribution >= 4 is 42.3 Å². The van der Waals surface area contributed by atoms with Crippen LogP contribution in [0.5, 0.6) is 0 Å². The minimum absolute atomic E-state index is 0. The molecule has 160 valence electrons. The number of halogens is 4. The van der Waals surface area contributed by atoms with Crippen molar-refractivity contribution in [3.63, 3.8) is 0 Å². The van der Waals surface area contributed by atoms with Crippen LogP contribution < -0.4 is 10.6 Å². The Kier molecular flexibility index (Phi) is 11.0. The van der Waals surface area contributed by atoms with E-state index in [2.05, 4.69) is 15.5 Å². The topological polar surface area (TPSA) is 62.8 Å². The lowest BCUT2D eigenvalue weighted by molar-refractivity contribution is -0.134. The van der Waals surface area contributed by atoms with E-state index in [0.717, 1.165) is 6.54 Å². The zero-order valence-electron chi connectivity index (χ0n) is 15.7. The van der Waals surface area contributed by atoms with Gasteiger partial charge in [-0.1, -0.05) is 17.7 Å². The summed E-state index contributed by atoms with van der Waals surface area (Å²) >= 11 is 6.30. The molecule has 6 nitrogen and oxygen atoms in total. The van der Waals surface area contributed by atoms with E-state index in [1.807, 2.05) is 6.92 Å². The lowest BCUT2D eigenvalue weighted by atomic mass is 10.0. The first-order valence-corrected chi connectivity index (χ1v) is 9.33. The third-order valence-corrected chi connectivity index (χ3v) is 5.07. The van der Waals surface area contributed by atoms with Crippen LogP contribution in [0.15, 0.2) is 18.2 Å². The molecule has 0 bridgehead atoms. The van der Waals surface area contributed by atoms with Gasteiger partial charge in [-0.15, -0.1) is 24.8 Å². The fraction of sp³-hybridized carbons (Fsp3) is 0.611. The monoisotopic (exact) mass is 457 g/mol. The Morgan fingerprint density at radius 1 is 1.39 bits per heavy atom. The highest BCUT2D eigenvalue weighted by Gasteiger charge is 2.30. The predicted molar refractivity (Wildman–Crippen MR) is 111 cm³/mol. The molecule has 1 aromatic carbocycles. The number of carbonyl (C=O) groups excluding carboxylic acids is 1. The Morgan fingerprint density at radius 2 is 2.18 bits per heavy atom. The summed E-state index contributed by atoms with van der Waals surface area (Å²) < 4.78 is 25.6. The molecule has 10 heteroatoms. The van der Waals surface area contributed by atoms with Crippen LogP contribution in [-0.4, -0.2) is 69.0 Å². The largest absolute Gasteiger partial charge is 0.376 e. The van der Waals surface area contributed by atoms with E-state index < -0.39 is 6.10 Å². The van der Waals surface area contributed by atoms with Crippen molar-refractivity contribution in [1.82, 2.24) is 15.5 Å². The summed E-state index contributed by atoms with van der Waals surface area (Å²) in [4.78, 5) is 14.5. The van der Waals surface area contributed by atoms with E-state index in [0.29, 0.717) is 43.4 Å². The van der Waals surface area contributed by atoms with E-state index in [-0.39, 0.29) is 55.2 Å². The Bertz CT molecular complexity index is 615. The molecule has 2 heterocycles. The molecule has 2 aliphatic rings. The number of hydrogen-bond acceptors (Lipinski definition) is 5. The first-order chi connectivity index (χ1) is 12.6. The van der Waals surface area contributed by atoms with Crippen LogP contribution in [0.1, 0.15) is 18.5 Å². The SMILES string of the molecule is CC1CN(C(CNC(=O)C2CNCCO2)c2c(F)cccc2Cl)CCO1.Cl.Cl. The Morgan fingerprint density at radius 3 is 2.82 bits per heavy atom. The van der Waals surface area contributed by atoms with Crippen molar-refractivity contribution in [2.24, 2.45) is 0 Å². The maximum absolute atomic E-state index is 14.5. The molecule has 0 saturated carbocycles. The minimum atomic E-state index is -0.524. The summed E-state index contributed by atoms with van der Waals surface area (Å²) in [5.41, 5.74) is 0.409. The molecular formula is C18H27Cl3FN3O3. The van der Waals surface area contributed by atoms with Gasteiger partial charge in [0, 0.05) is 43.3 Å². The second-order valence-corrected chi connectivity index (χ2v) is 7.04. The Labute approximate surface area is 182 Å². The molecule has 2 saturated heterocycles. The number of nitrogens with one attached hydrogen (secondary N) is 2. The maximum Gasteiger partial charge on any atom is 0.250 e.